The van der Waals surface area contributed by atoms with Gasteiger partial charge in [-0.3, -0.25) is 4.79 Å². The van der Waals surface area contributed by atoms with Gasteiger partial charge in [-0.05, 0) is 28.7 Å². The van der Waals surface area contributed by atoms with Crippen molar-refractivity contribution in [3.05, 3.63) is 59.7 Å². The molecule has 0 spiro atoms. The minimum atomic E-state index is -0.877. The third-order valence-corrected chi connectivity index (χ3v) is 7.89. The third-order valence-electron chi connectivity index (χ3n) is 7.89. The summed E-state index contributed by atoms with van der Waals surface area (Å²) in [7, 11) is 0. The second kappa shape index (κ2) is 31.0. The Kier molecular flexibility index (Phi) is 26.0. The molecule has 304 valence electrons. The Labute approximate surface area is 318 Å². The number of alkyl carbamates (subject to hydrolysis) is 1. The second-order valence-electron chi connectivity index (χ2n) is 11.9. The van der Waals surface area contributed by atoms with Crippen molar-refractivity contribution >= 4 is 12.1 Å². The number of carboxylic acids is 1. The molecule has 3 rings (SSSR count). The lowest BCUT2D eigenvalue weighted by atomic mass is 9.98. The van der Waals surface area contributed by atoms with Crippen LogP contribution < -0.4 is 5.32 Å². The molecule has 0 fully saturated rings. The predicted molar refractivity (Wildman–Crippen MR) is 198 cm³/mol. The van der Waals surface area contributed by atoms with Crippen molar-refractivity contribution in [1.29, 1.82) is 0 Å². The SMILES string of the molecule is O=C(O)CCOCCOCCOCCOCCOCCOCCOCCOCCOCCOCCCNC(=O)OCC1c2ccccc2-c2ccccc21. The zero-order chi connectivity index (χ0) is 38.2. The fourth-order valence-corrected chi connectivity index (χ4v) is 5.25. The lowest BCUT2D eigenvalue weighted by Gasteiger charge is -2.14. The molecule has 15 nitrogen and oxygen atoms in total. The summed E-state index contributed by atoms with van der Waals surface area (Å²) in [4.78, 5) is 22.6. The van der Waals surface area contributed by atoms with Gasteiger partial charge in [-0.15, -0.1) is 0 Å². The van der Waals surface area contributed by atoms with Gasteiger partial charge in [-0.2, -0.15) is 0 Å². The number of carbonyl (C=O) groups is 2. The van der Waals surface area contributed by atoms with Crippen molar-refractivity contribution in [2.45, 2.75) is 18.8 Å². The summed E-state index contributed by atoms with van der Waals surface area (Å²) < 4.78 is 59.9. The van der Waals surface area contributed by atoms with E-state index in [9.17, 15) is 9.59 Å². The van der Waals surface area contributed by atoms with Gasteiger partial charge in [0.1, 0.15) is 6.61 Å². The minimum Gasteiger partial charge on any atom is -0.481 e. The van der Waals surface area contributed by atoms with Crippen molar-refractivity contribution in [3.63, 3.8) is 0 Å². The molecule has 54 heavy (non-hydrogen) atoms. The summed E-state index contributed by atoms with van der Waals surface area (Å²) in [6, 6.07) is 16.5. The van der Waals surface area contributed by atoms with Gasteiger partial charge in [0, 0.05) is 19.1 Å². The first kappa shape index (κ1) is 45.2. The van der Waals surface area contributed by atoms with E-state index in [-0.39, 0.29) is 18.9 Å². The molecule has 0 aliphatic heterocycles. The molecule has 0 heterocycles. The number of amides is 1. The average Bonchev–Trinajstić information content (AvgIpc) is 3.50. The molecule has 0 saturated carbocycles. The Balaban J connectivity index is 0.949. The molecule has 1 amide bonds. The maximum atomic E-state index is 12.3. The van der Waals surface area contributed by atoms with Crippen LogP contribution >= 0.6 is 0 Å². The number of carbonyl (C=O) groups excluding carboxylic acids is 1. The molecule has 0 bridgehead atoms. The molecule has 1 aliphatic carbocycles. The number of fused-ring (bicyclic) bond motifs is 3. The highest BCUT2D eigenvalue weighted by atomic mass is 16.6. The van der Waals surface area contributed by atoms with Gasteiger partial charge >= 0.3 is 12.1 Å². The first-order valence-electron chi connectivity index (χ1n) is 18.7. The number of ether oxygens (including phenoxy) is 11. The van der Waals surface area contributed by atoms with Crippen molar-refractivity contribution in [1.82, 2.24) is 5.32 Å². The van der Waals surface area contributed by atoms with Crippen LogP contribution in [-0.2, 0) is 56.9 Å². The Morgan fingerprint density at radius 2 is 0.815 bits per heavy atom. The van der Waals surface area contributed by atoms with E-state index in [1.54, 1.807) is 0 Å². The van der Waals surface area contributed by atoms with E-state index in [1.807, 2.05) is 24.3 Å². The third kappa shape index (κ3) is 21.0. The average molecular weight is 766 g/mol. The zero-order valence-corrected chi connectivity index (χ0v) is 31.4. The van der Waals surface area contributed by atoms with Crippen LogP contribution in [0.1, 0.15) is 29.9 Å². The van der Waals surface area contributed by atoms with Crippen LogP contribution in [0.15, 0.2) is 48.5 Å². The molecule has 2 aromatic rings. The van der Waals surface area contributed by atoms with E-state index < -0.39 is 12.1 Å². The molecule has 2 aromatic carbocycles. The van der Waals surface area contributed by atoms with Crippen molar-refractivity contribution in [3.8, 4) is 11.1 Å². The quantitative estimate of drug-likeness (QED) is 0.0967. The largest absolute Gasteiger partial charge is 0.481 e. The summed E-state index contributed by atoms with van der Waals surface area (Å²) in [5, 5.41) is 11.3. The Bertz CT molecular complexity index is 1210. The number of benzene rings is 2. The highest BCUT2D eigenvalue weighted by molar-refractivity contribution is 5.79. The van der Waals surface area contributed by atoms with Gasteiger partial charge in [0.25, 0.3) is 0 Å². The first-order chi connectivity index (χ1) is 26.7. The predicted octanol–water partition coefficient (Wildman–Crippen LogP) is 3.56. The van der Waals surface area contributed by atoms with E-state index in [4.69, 9.17) is 57.2 Å². The summed E-state index contributed by atoms with van der Waals surface area (Å²) >= 11 is 0. The Hall–Kier alpha value is -3.22. The summed E-state index contributed by atoms with van der Waals surface area (Å²) in [6.07, 6.45) is 0.252. The van der Waals surface area contributed by atoms with Gasteiger partial charge in [-0.25, -0.2) is 4.79 Å². The van der Waals surface area contributed by atoms with Crippen molar-refractivity contribution in [2.75, 3.05) is 145 Å². The molecule has 1 aliphatic rings. The topological polar surface area (TPSA) is 168 Å². The molecule has 0 unspecified atom stereocenters. The number of hydrogen-bond acceptors (Lipinski definition) is 13. The maximum Gasteiger partial charge on any atom is 0.407 e. The minimum absolute atomic E-state index is 0.00665. The fraction of sp³-hybridized carbons (Fsp3) is 0.641. The summed E-state index contributed by atoms with van der Waals surface area (Å²) in [5.41, 5.74) is 4.79. The lowest BCUT2D eigenvalue weighted by Crippen LogP contribution is -2.27. The van der Waals surface area contributed by atoms with Crippen LogP contribution in [-0.4, -0.2) is 162 Å². The second-order valence-corrected chi connectivity index (χ2v) is 11.9. The zero-order valence-electron chi connectivity index (χ0n) is 31.4. The van der Waals surface area contributed by atoms with Crippen molar-refractivity contribution in [2.24, 2.45) is 0 Å². The molecule has 15 heteroatoms. The van der Waals surface area contributed by atoms with E-state index in [0.29, 0.717) is 145 Å². The molecular formula is C39H59NO14. The normalized spacial score (nSPS) is 12.1. The Morgan fingerprint density at radius 1 is 0.481 bits per heavy atom. The van der Waals surface area contributed by atoms with Crippen molar-refractivity contribution < 1.29 is 66.8 Å². The van der Waals surface area contributed by atoms with E-state index in [1.165, 1.54) is 22.3 Å². The van der Waals surface area contributed by atoms with E-state index in [0.717, 1.165) is 0 Å². The number of aliphatic carboxylic acids is 1. The first-order valence-corrected chi connectivity index (χ1v) is 18.7. The summed E-state index contributed by atoms with van der Waals surface area (Å²) in [6.45, 7) is 9.78. The lowest BCUT2D eigenvalue weighted by molar-refractivity contribution is -0.138. The van der Waals surface area contributed by atoms with Gasteiger partial charge in [0.05, 0.1) is 132 Å². The molecule has 0 radical (unpaired) electrons. The smallest absolute Gasteiger partial charge is 0.407 e. The van der Waals surface area contributed by atoms with Gasteiger partial charge < -0.3 is 62.5 Å². The summed E-state index contributed by atoms with van der Waals surface area (Å²) in [5.74, 6) is -0.832. The van der Waals surface area contributed by atoms with Gasteiger partial charge in [-0.1, -0.05) is 48.5 Å². The van der Waals surface area contributed by atoms with Gasteiger partial charge in [0.15, 0.2) is 0 Å². The standard InChI is InChI=1S/C39H59NO14/c41-38(42)10-13-45-15-17-47-19-21-49-23-25-51-27-29-53-31-30-52-28-26-50-24-22-48-20-18-46-16-14-44-12-5-11-40-39(43)54-32-37-35-8-3-1-6-33(35)34-7-2-4-9-36(34)37/h1-4,6-9,37H,5,10-32H2,(H,40,43)(H,41,42). The molecule has 0 atom stereocenters. The number of hydrogen-bond donors (Lipinski definition) is 2. The highest BCUT2D eigenvalue weighted by Gasteiger charge is 2.28. The highest BCUT2D eigenvalue weighted by Crippen LogP contribution is 2.44. The van der Waals surface area contributed by atoms with Crippen LogP contribution in [0.3, 0.4) is 0 Å². The fourth-order valence-electron chi connectivity index (χ4n) is 5.25. The molecule has 0 saturated heterocycles. The van der Waals surface area contributed by atoms with Crippen LogP contribution in [0.5, 0.6) is 0 Å². The van der Waals surface area contributed by atoms with Crippen LogP contribution in [0, 0.1) is 0 Å². The van der Waals surface area contributed by atoms with E-state index >= 15 is 0 Å². The molecule has 0 aromatic heterocycles. The van der Waals surface area contributed by atoms with Crippen LogP contribution in [0.2, 0.25) is 0 Å². The Morgan fingerprint density at radius 3 is 1.19 bits per heavy atom. The number of carboxylic acid groups (broad SMARTS) is 1. The van der Waals surface area contributed by atoms with Gasteiger partial charge in [0.2, 0.25) is 0 Å². The number of nitrogens with one attached hydrogen (secondary N) is 1. The molecular weight excluding hydrogens is 706 g/mol. The molecule has 2 N–H and O–H groups in total. The number of rotatable bonds is 36. The maximum absolute atomic E-state index is 12.3. The van der Waals surface area contributed by atoms with Crippen LogP contribution in [0.4, 0.5) is 4.79 Å². The van der Waals surface area contributed by atoms with Crippen LogP contribution in [0.25, 0.3) is 11.1 Å². The monoisotopic (exact) mass is 765 g/mol. The van der Waals surface area contributed by atoms with E-state index in [2.05, 4.69) is 29.6 Å².